The first-order chi connectivity index (χ1) is 8.33. The Labute approximate surface area is 104 Å². The van der Waals surface area contributed by atoms with Gasteiger partial charge in [-0.15, -0.1) is 0 Å². The van der Waals surface area contributed by atoms with Crippen LogP contribution >= 0.6 is 0 Å². The normalized spacial score (nSPS) is 12.6. The lowest BCUT2D eigenvalue weighted by molar-refractivity contribution is 0.184. The van der Waals surface area contributed by atoms with E-state index in [9.17, 15) is 5.11 Å². The average Bonchev–Trinajstić information content (AvgIpc) is 2.37. The second-order valence-electron chi connectivity index (χ2n) is 4.04. The predicted molar refractivity (Wildman–Crippen MR) is 69.8 cm³/mol. The molecular weight excluding hydrogens is 214 g/mol. The minimum atomic E-state index is -0.391. The molecule has 1 atom stereocenters. The SMILES string of the molecule is COCCCNCC(O)[CH]Cc1ccccc1. The van der Waals surface area contributed by atoms with Gasteiger partial charge in [-0.25, -0.2) is 0 Å². The van der Waals surface area contributed by atoms with Crippen LogP contribution in [0.4, 0.5) is 0 Å². The number of aliphatic hydroxyl groups excluding tert-OH is 1. The Hall–Kier alpha value is -0.900. The first kappa shape index (κ1) is 14.2. The monoisotopic (exact) mass is 236 g/mol. The molecule has 0 aliphatic rings. The number of hydrogen-bond acceptors (Lipinski definition) is 3. The highest BCUT2D eigenvalue weighted by atomic mass is 16.5. The van der Waals surface area contributed by atoms with E-state index in [4.69, 9.17) is 4.74 Å². The van der Waals surface area contributed by atoms with Crippen molar-refractivity contribution in [3.8, 4) is 0 Å². The summed E-state index contributed by atoms with van der Waals surface area (Å²) in [6.07, 6.45) is 3.32. The fraction of sp³-hybridized carbons (Fsp3) is 0.500. The van der Waals surface area contributed by atoms with Gasteiger partial charge >= 0.3 is 0 Å². The molecule has 1 aromatic rings. The third-order valence-electron chi connectivity index (χ3n) is 2.52. The average molecular weight is 236 g/mol. The highest BCUT2D eigenvalue weighted by Crippen LogP contribution is 2.03. The third kappa shape index (κ3) is 7.10. The van der Waals surface area contributed by atoms with E-state index in [-0.39, 0.29) is 0 Å². The molecule has 0 fully saturated rings. The van der Waals surface area contributed by atoms with E-state index in [1.54, 1.807) is 7.11 Å². The summed E-state index contributed by atoms with van der Waals surface area (Å²) in [7, 11) is 1.70. The van der Waals surface area contributed by atoms with Gasteiger partial charge in [0.1, 0.15) is 0 Å². The lowest BCUT2D eigenvalue weighted by atomic mass is 10.1. The Kier molecular flexibility index (Phi) is 7.63. The summed E-state index contributed by atoms with van der Waals surface area (Å²) >= 11 is 0. The van der Waals surface area contributed by atoms with E-state index in [2.05, 4.69) is 17.4 Å². The van der Waals surface area contributed by atoms with Crippen LogP contribution in [0.25, 0.3) is 0 Å². The number of rotatable bonds is 9. The summed E-state index contributed by atoms with van der Waals surface area (Å²) in [5.74, 6) is 0. The second kappa shape index (κ2) is 9.16. The number of hydrogen-bond donors (Lipinski definition) is 2. The molecule has 0 bridgehead atoms. The van der Waals surface area contributed by atoms with Gasteiger partial charge in [0.05, 0.1) is 6.10 Å². The van der Waals surface area contributed by atoms with Gasteiger partial charge in [0.25, 0.3) is 0 Å². The van der Waals surface area contributed by atoms with E-state index in [1.807, 2.05) is 24.6 Å². The van der Waals surface area contributed by atoms with E-state index >= 15 is 0 Å². The summed E-state index contributed by atoms with van der Waals surface area (Å²) in [6.45, 7) is 2.25. The maximum Gasteiger partial charge on any atom is 0.0699 e. The Bertz CT molecular complexity index is 277. The smallest absolute Gasteiger partial charge is 0.0699 e. The van der Waals surface area contributed by atoms with Crippen LogP contribution < -0.4 is 5.32 Å². The maximum atomic E-state index is 9.72. The molecule has 2 N–H and O–H groups in total. The molecule has 0 heterocycles. The molecule has 0 aromatic heterocycles. The van der Waals surface area contributed by atoms with Crippen LogP contribution in [0.1, 0.15) is 12.0 Å². The summed E-state index contributed by atoms with van der Waals surface area (Å²) in [6, 6.07) is 10.2. The summed E-state index contributed by atoms with van der Waals surface area (Å²) in [5.41, 5.74) is 1.23. The van der Waals surface area contributed by atoms with Crippen molar-refractivity contribution in [1.82, 2.24) is 5.32 Å². The minimum absolute atomic E-state index is 0.391. The van der Waals surface area contributed by atoms with Crippen LogP contribution in [0, 0.1) is 6.42 Å². The van der Waals surface area contributed by atoms with Crippen molar-refractivity contribution in [1.29, 1.82) is 0 Å². The molecule has 0 spiro atoms. The van der Waals surface area contributed by atoms with Crippen LogP contribution in [0.2, 0.25) is 0 Å². The first-order valence-corrected chi connectivity index (χ1v) is 6.08. The quantitative estimate of drug-likeness (QED) is 0.637. The van der Waals surface area contributed by atoms with Gasteiger partial charge in [-0.1, -0.05) is 30.3 Å². The van der Waals surface area contributed by atoms with Gasteiger partial charge in [-0.05, 0) is 31.4 Å². The fourth-order valence-corrected chi connectivity index (χ4v) is 1.56. The lowest BCUT2D eigenvalue weighted by Gasteiger charge is -2.11. The van der Waals surface area contributed by atoms with Gasteiger partial charge in [0, 0.05) is 20.3 Å². The van der Waals surface area contributed by atoms with Crippen LogP contribution in [-0.2, 0) is 11.2 Å². The molecule has 95 valence electrons. The molecule has 0 saturated heterocycles. The van der Waals surface area contributed by atoms with Crippen molar-refractivity contribution < 1.29 is 9.84 Å². The third-order valence-corrected chi connectivity index (χ3v) is 2.52. The zero-order valence-corrected chi connectivity index (χ0v) is 10.4. The van der Waals surface area contributed by atoms with Crippen molar-refractivity contribution in [3.05, 3.63) is 42.3 Å². The summed E-state index contributed by atoms with van der Waals surface area (Å²) in [4.78, 5) is 0. The minimum Gasteiger partial charge on any atom is -0.391 e. The van der Waals surface area contributed by atoms with Gasteiger partial charge in [-0.2, -0.15) is 0 Å². The molecule has 1 aromatic carbocycles. The molecule has 0 aliphatic heterocycles. The molecule has 1 radical (unpaired) electrons. The Balaban J connectivity index is 2.03. The van der Waals surface area contributed by atoms with Gasteiger partial charge < -0.3 is 15.2 Å². The van der Waals surface area contributed by atoms with Crippen LogP contribution in [0.5, 0.6) is 0 Å². The topological polar surface area (TPSA) is 41.5 Å². The number of nitrogens with one attached hydrogen (secondary N) is 1. The standard InChI is InChI=1S/C14H22NO2/c1-17-11-5-10-15-12-14(16)9-8-13-6-3-2-4-7-13/h2-4,6-7,9,14-16H,5,8,10-12H2,1H3. The van der Waals surface area contributed by atoms with E-state index in [1.165, 1.54) is 5.56 Å². The Morgan fingerprint density at radius 1 is 1.35 bits per heavy atom. The second-order valence-corrected chi connectivity index (χ2v) is 4.04. The molecule has 1 rings (SSSR count). The summed E-state index contributed by atoms with van der Waals surface area (Å²) in [5, 5.41) is 12.9. The van der Waals surface area contributed by atoms with Gasteiger partial charge in [0.2, 0.25) is 0 Å². The van der Waals surface area contributed by atoms with Crippen molar-refractivity contribution in [2.45, 2.75) is 18.9 Å². The summed E-state index contributed by atoms with van der Waals surface area (Å²) < 4.78 is 4.94. The van der Waals surface area contributed by atoms with Crippen molar-refractivity contribution in [2.75, 3.05) is 26.8 Å². The Morgan fingerprint density at radius 2 is 2.12 bits per heavy atom. The molecular formula is C14H22NO2. The first-order valence-electron chi connectivity index (χ1n) is 6.08. The molecule has 17 heavy (non-hydrogen) atoms. The van der Waals surface area contributed by atoms with Crippen molar-refractivity contribution in [3.63, 3.8) is 0 Å². The molecule has 3 nitrogen and oxygen atoms in total. The zero-order chi connectivity index (χ0) is 12.3. The van der Waals surface area contributed by atoms with Gasteiger partial charge in [0.15, 0.2) is 0 Å². The molecule has 0 amide bonds. The highest BCUT2D eigenvalue weighted by Gasteiger charge is 2.04. The number of ether oxygens (including phenoxy) is 1. The van der Waals surface area contributed by atoms with E-state index in [0.29, 0.717) is 6.54 Å². The zero-order valence-electron chi connectivity index (χ0n) is 10.4. The maximum absolute atomic E-state index is 9.72. The van der Waals surface area contributed by atoms with Crippen molar-refractivity contribution in [2.24, 2.45) is 0 Å². The molecule has 0 saturated carbocycles. The van der Waals surface area contributed by atoms with Crippen LogP contribution in [-0.4, -0.2) is 38.0 Å². The highest BCUT2D eigenvalue weighted by molar-refractivity contribution is 5.16. The molecule has 0 aliphatic carbocycles. The fourth-order valence-electron chi connectivity index (χ4n) is 1.56. The molecule has 1 unspecified atom stereocenters. The molecule has 3 heteroatoms. The predicted octanol–water partition coefficient (Wildman–Crippen LogP) is 1.42. The van der Waals surface area contributed by atoms with Crippen molar-refractivity contribution >= 4 is 0 Å². The largest absolute Gasteiger partial charge is 0.391 e. The Morgan fingerprint density at radius 3 is 2.82 bits per heavy atom. The van der Waals surface area contributed by atoms with Crippen LogP contribution in [0.3, 0.4) is 0 Å². The number of methoxy groups -OCH3 is 1. The number of aliphatic hydroxyl groups is 1. The lowest BCUT2D eigenvalue weighted by Crippen LogP contribution is -2.28. The van der Waals surface area contributed by atoms with Crippen LogP contribution in [0.15, 0.2) is 30.3 Å². The van der Waals surface area contributed by atoms with Gasteiger partial charge in [-0.3, -0.25) is 0 Å². The number of benzene rings is 1. The van der Waals surface area contributed by atoms with E-state index in [0.717, 1.165) is 26.0 Å². The van der Waals surface area contributed by atoms with E-state index < -0.39 is 6.10 Å².